The number of nitrogens with one attached hydrogen (secondary N) is 3. The Balaban J connectivity index is 1.76. The largest absolute Gasteiger partial charge is 0.383 e. The first-order chi connectivity index (χ1) is 8.20. The molecular formula is C10H17N3O3S. The molecule has 0 saturated carbocycles. The fourth-order valence-electron chi connectivity index (χ4n) is 2.11. The van der Waals surface area contributed by atoms with E-state index in [4.69, 9.17) is 4.74 Å². The molecular weight excluding hydrogens is 242 g/mol. The van der Waals surface area contributed by atoms with Crippen molar-refractivity contribution in [1.82, 2.24) is 16.0 Å². The number of carbonyl (C=O) groups is 2. The highest BCUT2D eigenvalue weighted by Gasteiger charge is 2.43. The molecule has 3 amide bonds. The van der Waals surface area contributed by atoms with Crippen LogP contribution in [0.5, 0.6) is 0 Å². The Bertz CT molecular complexity index is 313. The van der Waals surface area contributed by atoms with E-state index < -0.39 is 0 Å². The maximum Gasteiger partial charge on any atom is 0.315 e. The van der Waals surface area contributed by atoms with E-state index in [1.807, 2.05) is 0 Å². The Hall–Kier alpha value is -0.950. The van der Waals surface area contributed by atoms with E-state index in [9.17, 15) is 9.59 Å². The zero-order valence-electron chi connectivity index (χ0n) is 9.69. The first-order valence-electron chi connectivity index (χ1n) is 5.65. The van der Waals surface area contributed by atoms with Crippen LogP contribution in [-0.4, -0.2) is 55.3 Å². The first kappa shape index (κ1) is 12.5. The van der Waals surface area contributed by atoms with Crippen molar-refractivity contribution in [3.05, 3.63) is 0 Å². The highest BCUT2D eigenvalue weighted by molar-refractivity contribution is 8.00. The molecule has 2 aliphatic rings. The van der Waals surface area contributed by atoms with Crippen LogP contribution >= 0.6 is 11.8 Å². The van der Waals surface area contributed by atoms with Crippen molar-refractivity contribution >= 4 is 23.7 Å². The lowest BCUT2D eigenvalue weighted by Gasteiger charge is -2.16. The normalized spacial score (nSPS) is 30.6. The van der Waals surface area contributed by atoms with Gasteiger partial charge in [-0.15, -0.1) is 0 Å². The van der Waals surface area contributed by atoms with Gasteiger partial charge in [0, 0.05) is 31.1 Å². The Morgan fingerprint density at radius 1 is 1.59 bits per heavy atom. The minimum absolute atomic E-state index is 0.0151. The molecule has 2 aliphatic heterocycles. The number of amides is 3. The highest BCUT2D eigenvalue weighted by Crippen LogP contribution is 2.31. The Labute approximate surface area is 104 Å². The second kappa shape index (κ2) is 5.59. The van der Waals surface area contributed by atoms with Crippen LogP contribution in [-0.2, 0) is 9.53 Å². The number of thioether (sulfide) groups is 1. The first-order valence-corrected chi connectivity index (χ1v) is 6.70. The van der Waals surface area contributed by atoms with E-state index in [0.29, 0.717) is 19.6 Å². The Kier molecular flexibility index (Phi) is 4.11. The predicted molar refractivity (Wildman–Crippen MR) is 65.0 cm³/mol. The third kappa shape index (κ3) is 3.04. The number of hydrogen-bond acceptors (Lipinski definition) is 4. The minimum Gasteiger partial charge on any atom is -0.383 e. The number of carbonyl (C=O) groups excluding carboxylic acids is 2. The summed E-state index contributed by atoms with van der Waals surface area (Å²) >= 11 is 1.73. The number of fused-ring (bicyclic) bond motifs is 1. The van der Waals surface area contributed by atoms with Gasteiger partial charge in [-0.2, -0.15) is 11.8 Å². The number of methoxy groups -OCH3 is 1. The van der Waals surface area contributed by atoms with E-state index in [2.05, 4.69) is 16.0 Å². The third-order valence-corrected chi connectivity index (χ3v) is 4.39. The van der Waals surface area contributed by atoms with Gasteiger partial charge in [0.25, 0.3) is 0 Å². The molecule has 3 N–H and O–H groups in total. The van der Waals surface area contributed by atoms with E-state index in [-0.39, 0.29) is 29.3 Å². The van der Waals surface area contributed by atoms with Gasteiger partial charge < -0.3 is 20.7 Å². The molecule has 96 valence electrons. The summed E-state index contributed by atoms with van der Waals surface area (Å²) in [6, 6.07) is 0.134. The van der Waals surface area contributed by atoms with Gasteiger partial charge in [-0.05, 0) is 0 Å². The van der Waals surface area contributed by atoms with Crippen LogP contribution < -0.4 is 16.0 Å². The molecule has 6 nitrogen and oxygen atoms in total. The number of rotatable bonds is 5. The van der Waals surface area contributed by atoms with Crippen LogP contribution in [0.25, 0.3) is 0 Å². The zero-order chi connectivity index (χ0) is 12.3. The zero-order valence-corrected chi connectivity index (χ0v) is 10.5. The maximum absolute atomic E-state index is 11.6. The molecule has 2 fully saturated rings. The molecule has 17 heavy (non-hydrogen) atoms. The van der Waals surface area contributed by atoms with Gasteiger partial charge in [0.05, 0.1) is 18.7 Å². The quantitative estimate of drug-likeness (QED) is 0.451. The van der Waals surface area contributed by atoms with Gasteiger partial charge in [-0.25, -0.2) is 4.79 Å². The average molecular weight is 259 g/mol. The third-order valence-electron chi connectivity index (χ3n) is 2.95. The molecule has 0 aromatic heterocycles. The molecule has 7 heteroatoms. The second-order valence-corrected chi connectivity index (χ2v) is 5.44. The fourth-order valence-corrected chi connectivity index (χ4v) is 3.59. The lowest BCUT2D eigenvalue weighted by molar-refractivity contribution is -0.121. The molecule has 0 aliphatic carbocycles. The van der Waals surface area contributed by atoms with E-state index >= 15 is 0 Å². The summed E-state index contributed by atoms with van der Waals surface area (Å²) in [5.74, 6) is 0.890. The lowest BCUT2D eigenvalue weighted by atomic mass is 10.1. The van der Waals surface area contributed by atoms with Crippen molar-refractivity contribution in [3.8, 4) is 0 Å². The summed E-state index contributed by atoms with van der Waals surface area (Å²) < 4.78 is 4.86. The van der Waals surface area contributed by atoms with Crippen molar-refractivity contribution in [2.75, 3.05) is 26.0 Å². The molecule has 0 aromatic carbocycles. The van der Waals surface area contributed by atoms with Crippen LogP contribution in [0.2, 0.25) is 0 Å². The van der Waals surface area contributed by atoms with Gasteiger partial charge >= 0.3 is 6.03 Å². The number of ether oxygens (including phenoxy) is 1. The van der Waals surface area contributed by atoms with Crippen LogP contribution in [0.3, 0.4) is 0 Å². The molecule has 2 rings (SSSR count). The van der Waals surface area contributed by atoms with Gasteiger partial charge in [0.2, 0.25) is 5.91 Å². The smallest absolute Gasteiger partial charge is 0.315 e. The summed E-state index contributed by atoms with van der Waals surface area (Å²) in [4.78, 5) is 22.8. The summed E-state index contributed by atoms with van der Waals surface area (Å²) in [5, 5.41) is 8.67. The summed E-state index contributed by atoms with van der Waals surface area (Å²) in [7, 11) is 1.60. The number of hydrogen-bond donors (Lipinski definition) is 3. The van der Waals surface area contributed by atoms with Crippen molar-refractivity contribution in [1.29, 1.82) is 0 Å². The topological polar surface area (TPSA) is 79.5 Å². The molecule has 2 saturated heterocycles. The van der Waals surface area contributed by atoms with Crippen molar-refractivity contribution in [2.45, 2.75) is 23.8 Å². The Morgan fingerprint density at radius 2 is 2.41 bits per heavy atom. The van der Waals surface area contributed by atoms with Crippen molar-refractivity contribution < 1.29 is 14.3 Å². The summed E-state index contributed by atoms with van der Waals surface area (Å²) in [6.07, 6.45) is 0.442. The summed E-state index contributed by atoms with van der Waals surface area (Å²) in [6.45, 7) is 1.05. The van der Waals surface area contributed by atoms with Crippen molar-refractivity contribution in [2.24, 2.45) is 0 Å². The van der Waals surface area contributed by atoms with Gasteiger partial charge in [-0.1, -0.05) is 0 Å². The Morgan fingerprint density at radius 3 is 3.18 bits per heavy atom. The SMILES string of the molecule is COCCNC(=O)CC1SC[C@@H]2NC(=O)N[C@H]12. The van der Waals surface area contributed by atoms with Gasteiger partial charge in [-0.3, -0.25) is 4.79 Å². The highest BCUT2D eigenvalue weighted by atomic mass is 32.2. The molecule has 0 radical (unpaired) electrons. The summed E-state index contributed by atoms with van der Waals surface area (Å²) in [5.41, 5.74) is 0. The maximum atomic E-state index is 11.6. The lowest BCUT2D eigenvalue weighted by Crippen LogP contribution is -2.40. The van der Waals surface area contributed by atoms with E-state index in [1.54, 1.807) is 18.9 Å². The second-order valence-electron chi connectivity index (χ2n) is 4.17. The van der Waals surface area contributed by atoms with Gasteiger partial charge in [0.1, 0.15) is 0 Å². The van der Waals surface area contributed by atoms with Crippen LogP contribution in [0.1, 0.15) is 6.42 Å². The monoisotopic (exact) mass is 259 g/mol. The molecule has 0 spiro atoms. The standard InChI is InChI=1S/C10H17N3O3S/c1-16-3-2-11-8(14)4-7-9-6(5-17-7)12-10(15)13-9/h6-7,9H,2-5H2,1H3,(H,11,14)(H2,12,13,15)/t6-,7?,9-/m0/s1. The number of urea groups is 1. The van der Waals surface area contributed by atoms with E-state index in [0.717, 1.165) is 5.75 Å². The van der Waals surface area contributed by atoms with Crippen LogP contribution in [0.4, 0.5) is 4.79 Å². The predicted octanol–water partition coefficient (Wildman–Crippen LogP) is -0.695. The fraction of sp³-hybridized carbons (Fsp3) is 0.800. The van der Waals surface area contributed by atoms with Crippen molar-refractivity contribution in [3.63, 3.8) is 0 Å². The average Bonchev–Trinajstić information content (AvgIpc) is 2.80. The molecule has 0 bridgehead atoms. The van der Waals surface area contributed by atoms with Gasteiger partial charge in [0.15, 0.2) is 0 Å². The molecule has 0 aromatic rings. The molecule has 3 atom stereocenters. The molecule has 1 unspecified atom stereocenters. The van der Waals surface area contributed by atoms with Crippen LogP contribution in [0.15, 0.2) is 0 Å². The van der Waals surface area contributed by atoms with E-state index in [1.165, 1.54) is 0 Å². The minimum atomic E-state index is -0.120. The van der Waals surface area contributed by atoms with Crippen LogP contribution in [0, 0.1) is 0 Å². The molecule has 2 heterocycles.